The second-order valence-electron chi connectivity index (χ2n) is 7.40. The molecule has 26 heavy (non-hydrogen) atoms. The molecule has 1 aromatic carbocycles. The summed E-state index contributed by atoms with van der Waals surface area (Å²) in [6, 6.07) is 10.2. The van der Waals surface area contributed by atoms with E-state index in [9.17, 15) is 9.59 Å². The maximum atomic E-state index is 12.8. The number of rotatable bonds is 7. The number of ketones is 1. The van der Waals surface area contributed by atoms with Crippen LogP contribution in [-0.4, -0.2) is 36.9 Å². The monoisotopic (exact) mass is 354 g/mol. The Kier molecular flexibility index (Phi) is 5.28. The van der Waals surface area contributed by atoms with Gasteiger partial charge in [-0.05, 0) is 44.9 Å². The molecule has 1 saturated carbocycles. The molecule has 1 aliphatic rings. The fraction of sp³-hybridized carbons (Fsp3) is 0.429. The van der Waals surface area contributed by atoms with Crippen molar-refractivity contribution in [2.45, 2.75) is 39.3 Å². The molecule has 0 radical (unpaired) electrons. The molecule has 0 saturated heterocycles. The third kappa shape index (κ3) is 3.88. The number of aromatic nitrogens is 1. The molecule has 0 aliphatic heterocycles. The van der Waals surface area contributed by atoms with Crippen LogP contribution in [0.4, 0.5) is 0 Å². The van der Waals surface area contributed by atoms with Crippen molar-refractivity contribution in [3.63, 3.8) is 0 Å². The summed E-state index contributed by atoms with van der Waals surface area (Å²) in [6.45, 7) is 5.37. The minimum absolute atomic E-state index is 0.0848. The fourth-order valence-electron chi connectivity index (χ4n) is 3.65. The van der Waals surface area contributed by atoms with Gasteiger partial charge in [-0.15, -0.1) is 0 Å². The predicted octanol–water partition coefficient (Wildman–Crippen LogP) is 1.70. The first kappa shape index (κ1) is 18.4. The summed E-state index contributed by atoms with van der Waals surface area (Å²) in [7, 11) is 3.66. The summed E-state index contributed by atoms with van der Waals surface area (Å²) < 4.78 is 2.32. The maximum absolute atomic E-state index is 12.8. The van der Waals surface area contributed by atoms with Gasteiger partial charge in [-0.1, -0.05) is 12.1 Å². The van der Waals surface area contributed by atoms with Gasteiger partial charge in [0.05, 0.1) is 7.05 Å². The highest BCUT2D eigenvalue weighted by atomic mass is 16.1. The van der Waals surface area contributed by atoms with E-state index >= 15 is 0 Å². The SMILES string of the molecule is CNC(=O)c1ccc(C[NH+](C)CC(=O)c2cc(C)n(C3CC3)c2C)cc1. The third-order valence-electron chi connectivity index (χ3n) is 5.11. The largest absolute Gasteiger partial charge is 0.355 e. The number of benzene rings is 1. The third-order valence-corrected chi connectivity index (χ3v) is 5.11. The van der Waals surface area contributed by atoms with Crippen molar-refractivity contribution in [2.24, 2.45) is 0 Å². The van der Waals surface area contributed by atoms with Crippen LogP contribution in [0.25, 0.3) is 0 Å². The summed E-state index contributed by atoms with van der Waals surface area (Å²) in [6.07, 6.45) is 2.45. The van der Waals surface area contributed by atoms with E-state index < -0.39 is 0 Å². The lowest BCUT2D eigenvalue weighted by molar-refractivity contribution is -0.884. The lowest BCUT2D eigenvalue weighted by Crippen LogP contribution is -3.08. The second-order valence-corrected chi connectivity index (χ2v) is 7.40. The van der Waals surface area contributed by atoms with Gasteiger partial charge in [-0.3, -0.25) is 9.59 Å². The molecular weight excluding hydrogens is 326 g/mol. The lowest BCUT2D eigenvalue weighted by atomic mass is 10.1. The number of hydrogen-bond donors (Lipinski definition) is 2. The standard InChI is InChI=1S/C21H27N3O2/c1-14-11-19(15(2)24(14)18-9-10-18)20(25)13-23(4)12-16-5-7-17(8-6-16)21(26)22-3/h5-8,11,18H,9-10,12-13H2,1-4H3,(H,22,26)/p+1. The molecule has 1 fully saturated rings. The molecule has 138 valence electrons. The van der Waals surface area contributed by atoms with Crippen LogP contribution in [0, 0.1) is 13.8 Å². The summed E-state index contributed by atoms with van der Waals surface area (Å²) in [5, 5.41) is 2.62. The highest BCUT2D eigenvalue weighted by Gasteiger charge is 2.28. The average molecular weight is 354 g/mol. The molecule has 1 atom stereocenters. The summed E-state index contributed by atoms with van der Waals surface area (Å²) in [5.41, 5.74) is 4.93. The van der Waals surface area contributed by atoms with Gasteiger partial charge in [-0.25, -0.2) is 0 Å². The minimum Gasteiger partial charge on any atom is -0.355 e. The van der Waals surface area contributed by atoms with Crippen LogP contribution in [0.5, 0.6) is 0 Å². The molecule has 2 aromatic rings. The van der Waals surface area contributed by atoms with Gasteiger partial charge in [0.2, 0.25) is 5.78 Å². The van der Waals surface area contributed by atoms with Crippen LogP contribution in [0.1, 0.15) is 56.6 Å². The molecule has 1 amide bonds. The zero-order valence-corrected chi connectivity index (χ0v) is 16.1. The van der Waals surface area contributed by atoms with Crippen molar-refractivity contribution in [1.82, 2.24) is 9.88 Å². The molecule has 2 N–H and O–H groups in total. The summed E-state index contributed by atoms with van der Waals surface area (Å²) >= 11 is 0. The zero-order valence-electron chi connectivity index (χ0n) is 16.1. The first-order valence-electron chi connectivity index (χ1n) is 9.24. The molecule has 1 heterocycles. The van der Waals surface area contributed by atoms with E-state index in [1.54, 1.807) is 7.05 Å². The van der Waals surface area contributed by atoms with Gasteiger partial charge in [0, 0.05) is 41.2 Å². The van der Waals surface area contributed by atoms with Crippen LogP contribution >= 0.6 is 0 Å². The van der Waals surface area contributed by atoms with Crippen LogP contribution in [0.15, 0.2) is 30.3 Å². The fourth-order valence-corrected chi connectivity index (χ4v) is 3.65. The number of amides is 1. The van der Waals surface area contributed by atoms with E-state index in [1.165, 1.54) is 18.5 Å². The molecular formula is C21H28N3O2+. The molecule has 1 unspecified atom stereocenters. The van der Waals surface area contributed by atoms with E-state index in [4.69, 9.17) is 0 Å². The Labute approximate surface area is 155 Å². The average Bonchev–Trinajstić information content (AvgIpc) is 3.39. The smallest absolute Gasteiger partial charge is 0.251 e. The van der Waals surface area contributed by atoms with Crippen molar-refractivity contribution < 1.29 is 14.5 Å². The van der Waals surface area contributed by atoms with E-state index in [-0.39, 0.29) is 11.7 Å². The van der Waals surface area contributed by atoms with Crippen molar-refractivity contribution in [3.8, 4) is 0 Å². The Morgan fingerprint density at radius 3 is 2.42 bits per heavy atom. The van der Waals surface area contributed by atoms with Crippen LogP contribution in [-0.2, 0) is 6.54 Å². The normalized spacial score (nSPS) is 14.9. The number of carbonyl (C=O) groups excluding carboxylic acids is 2. The van der Waals surface area contributed by atoms with Gasteiger partial charge >= 0.3 is 0 Å². The molecule has 1 aromatic heterocycles. The van der Waals surface area contributed by atoms with Crippen LogP contribution < -0.4 is 10.2 Å². The van der Waals surface area contributed by atoms with E-state index in [0.717, 1.165) is 28.3 Å². The number of aryl methyl sites for hydroxylation is 1. The van der Waals surface area contributed by atoms with Crippen molar-refractivity contribution >= 4 is 11.7 Å². The molecule has 5 nitrogen and oxygen atoms in total. The number of nitrogens with zero attached hydrogens (tertiary/aromatic N) is 1. The Bertz CT molecular complexity index is 817. The number of hydrogen-bond acceptors (Lipinski definition) is 2. The van der Waals surface area contributed by atoms with Crippen LogP contribution in [0.3, 0.4) is 0 Å². The molecule has 0 bridgehead atoms. The Balaban J connectivity index is 1.63. The molecule has 5 heteroatoms. The van der Waals surface area contributed by atoms with E-state index in [0.29, 0.717) is 18.2 Å². The van der Waals surface area contributed by atoms with Gasteiger partial charge in [0.25, 0.3) is 5.91 Å². The number of likely N-dealkylation sites (N-methyl/N-ethyl adjacent to an activating group) is 1. The van der Waals surface area contributed by atoms with Gasteiger partial charge in [0.1, 0.15) is 13.1 Å². The van der Waals surface area contributed by atoms with E-state index in [1.807, 2.05) is 37.4 Å². The Morgan fingerprint density at radius 1 is 1.19 bits per heavy atom. The van der Waals surface area contributed by atoms with Crippen LogP contribution in [0.2, 0.25) is 0 Å². The predicted molar refractivity (Wildman–Crippen MR) is 102 cm³/mol. The van der Waals surface area contributed by atoms with Crippen molar-refractivity contribution in [2.75, 3.05) is 20.6 Å². The zero-order chi connectivity index (χ0) is 18.8. The number of nitrogens with one attached hydrogen (secondary N) is 2. The first-order valence-corrected chi connectivity index (χ1v) is 9.24. The van der Waals surface area contributed by atoms with Gasteiger partial charge < -0.3 is 14.8 Å². The van der Waals surface area contributed by atoms with Gasteiger partial charge in [0.15, 0.2) is 0 Å². The quantitative estimate of drug-likeness (QED) is 0.744. The van der Waals surface area contributed by atoms with Crippen molar-refractivity contribution in [3.05, 3.63) is 58.4 Å². The lowest BCUT2D eigenvalue weighted by Gasteiger charge is -2.14. The van der Waals surface area contributed by atoms with Crippen molar-refractivity contribution in [1.29, 1.82) is 0 Å². The van der Waals surface area contributed by atoms with Gasteiger partial charge in [-0.2, -0.15) is 0 Å². The minimum atomic E-state index is -0.0848. The summed E-state index contributed by atoms with van der Waals surface area (Å²) in [4.78, 5) is 25.5. The first-order chi connectivity index (χ1) is 12.4. The number of carbonyl (C=O) groups is 2. The van der Waals surface area contributed by atoms with E-state index in [2.05, 4.69) is 23.7 Å². The Hall–Kier alpha value is -2.40. The maximum Gasteiger partial charge on any atom is 0.251 e. The number of quaternary nitrogens is 1. The molecule has 0 spiro atoms. The summed E-state index contributed by atoms with van der Waals surface area (Å²) in [5.74, 6) is 0.114. The number of Topliss-reactive ketones (excluding diaryl/α,β-unsaturated/α-hetero) is 1. The molecule has 3 rings (SSSR count). The topological polar surface area (TPSA) is 55.5 Å². The highest BCUT2D eigenvalue weighted by molar-refractivity contribution is 5.98. The molecule has 1 aliphatic carbocycles. The Morgan fingerprint density at radius 2 is 1.85 bits per heavy atom. The second kappa shape index (κ2) is 7.46. The highest BCUT2D eigenvalue weighted by Crippen LogP contribution is 2.38.